The predicted octanol–water partition coefficient (Wildman–Crippen LogP) is 2.17. The molecule has 0 N–H and O–H groups in total. The van der Waals surface area contributed by atoms with Gasteiger partial charge in [-0.1, -0.05) is 0 Å². The zero-order valence-electron chi connectivity index (χ0n) is 13.1. The number of hydrogen-bond donors (Lipinski definition) is 0. The second-order valence-electron chi connectivity index (χ2n) is 6.36. The normalized spacial score (nSPS) is 18.1. The summed E-state index contributed by atoms with van der Waals surface area (Å²) in [5, 5.41) is 4.58. The van der Waals surface area contributed by atoms with Gasteiger partial charge >= 0.3 is 5.97 Å². The SMILES string of the molecule is CCOC(=O)C(C)(C)CCn1cc2c(n1)CCC(C=O)C2. The van der Waals surface area contributed by atoms with Crippen LogP contribution in [0.1, 0.15) is 44.9 Å². The number of nitrogens with zero attached hydrogens (tertiary/aromatic N) is 2. The molecule has 1 aliphatic carbocycles. The first kappa shape index (κ1) is 15.7. The van der Waals surface area contributed by atoms with Crippen molar-refractivity contribution in [2.24, 2.45) is 11.3 Å². The van der Waals surface area contributed by atoms with Crippen molar-refractivity contribution in [3.63, 3.8) is 0 Å². The maximum Gasteiger partial charge on any atom is 0.311 e. The van der Waals surface area contributed by atoms with Gasteiger partial charge in [0.25, 0.3) is 0 Å². The number of esters is 1. The molecule has 0 aliphatic heterocycles. The number of ether oxygens (including phenoxy) is 1. The van der Waals surface area contributed by atoms with Gasteiger partial charge in [-0.05, 0) is 52.0 Å². The fourth-order valence-corrected chi connectivity index (χ4v) is 2.64. The highest BCUT2D eigenvalue weighted by atomic mass is 16.5. The van der Waals surface area contributed by atoms with Gasteiger partial charge in [0, 0.05) is 18.7 Å². The molecule has 5 heteroatoms. The third kappa shape index (κ3) is 3.71. The molecule has 0 spiro atoms. The van der Waals surface area contributed by atoms with Crippen molar-refractivity contribution in [2.75, 3.05) is 6.61 Å². The Kier molecular flexibility index (Phi) is 4.80. The molecule has 1 aromatic heterocycles. The Morgan fingerprint density at radius 3 is 3.00 bits per heavy atom. The maximum absolute atomic E-state index is 11.9. The molecule has 0 bridgehead atoms. The first-order valence-electron chi connectivity index (χ1n) is 7.64. The van der Waals surface area contributed by atoms with E-state index < -0.39 is 5.41 Å². The summed E-state index contributed by atoms with van der Waals surface area (Å²) < 4.78 is 7.00. The largest absolute Gasteiger partial charge is 0.466 e. The van der Waals surface area contributed by atoms with E-state index in [2.05, 4.69) is 5.10 Å². The van der Waals surface area contributed by atoms with E-state index in [-0.39, 0.29) is 11.9 Å². The zero-order valence-corrected chi connectivity index (χ0v) is 13.1. The molecule has 0 saturated heterocycles. The molecule has 1 atom stereocenters. The Labute approximate surface area is 125 Å². The topological polar surface area (TPSA) is 61.2 Å². The molecule has 0 aromatic carbocycles. The molecule has 0 amide bonds. The van der Waals surface area contributed by atoms with Crippen LogP contribution in [0.2, 0.25) is 0 Å². The number of rotatable bonds is 6. The van der Waals surface area contributed by atoms with Crippen LogP contribution in [0.3, 0.4) is 0 Å². The molecule has 5 nitrogen and oxygen atoms in total. The van der Waals surface area contributed by atoms with Crippen LogP contribution in [0.15, 0.2) is 6.20 Å². The van der Waals surface area contributed by atoms with E-state index in [1.165, 1.54) is 5.56 Å². The molecule has 0 fully saturated rings. The number of fused-ring (bicyclic) bond motifs is 1. The summed E-state index contributed by atoms with van der Waals surface area (Å²) in [4.78, 5) is 22.8. The third-order valence-corrected chi connectivity index (χ3v) is 4.15. The Hall–Kier alpha value is -1.65. The summed E-state index contributed by atoms with van der Waals surface area (Å²) in [5.41, 5.74) is 1.77. The summed E-state index contributed by atoms with van der Waals surface area (Å²) >= 11 is 0. The first-order valence-corrected chi connectivity index (χ1v) is 7.64. The number of aryl methyl sites for hydroxylation is 2. The molecule has 1 aromatic rings. The molecular formula is C16H24N2O3. The van der Waals surface area contributed by atoms with E-state index in [1.807, 2.05) is 31.6 Å². The number of carbonyl (C=O) groups excluding carboxylic acids is 2. The van der Waals surface area contributed by atoms with Crippen LogP contribution in [0, 0.1) is 11.3 Å². The number of carbonyl (C=O) groups is 2. The van der Waals surface area contributed by atoms with Crippen LogP contribution >= 0.6 is 0 Å². The average Bonchev–Trinajstić information content (AvgIpc) is 2.87. The zero-order chi connectivity index (χ0) is 15.5. The van der Waals surface area contributed by atoms with Crippen molar-refractivity contribution < 1.29 is 14.3 Å². The van der Waals surface area contributed by atoms with Crippen molar-refractivity contribution >= 4 is 12.3 Å². The minimum Gasteiger partial charge on any atom is -0.466 e. The average molecular weight is 292 g/mol. The minimum atomic E-state index is -0.506. The first-order chi connectivity index (χ1) is 9.96. The summed E-state index contributed by atoms with van der Waals surface area (Å²) in [7, 11) is 0. The van der Waals surface area contributed by atoms with E-state index in [0.29, 0.717) is 19.6 Å². The van der Waals surface area contributed by atoms with Crippen LogP contribution in [0.25, 0.3) is 0 Å². The highest BCUT2D eigenvalue weighted by Gasteiger charge is 2.29. The lowest BCUT2D eigenvalue weighted by molar-refractivity contribution is -0.153. The molecule has 2 rings (SSSR count). The third-order valence-electron chi connectivity index (χ3n) is 4.15. The van der Waals surface area contributed by atoms with Gasteiger partial charge in [-0.25, -0.2) is 0 Å². The summed E-state index contributed by atoms with van der Waals surface area (Å²) in [5.74, 6) is -0.0333. The number of hydrogen-bond acceptors (Lipinski definition) is 4. The Bertz CT molecular complexity index is 520. The molecule has 21 heavy (non-hydrogen) atoms. The molecule has 116 valence electrons. The molecule has 1 aliphatic rings. The van der Waals surface area contributed by atoms with E-state index in [0.717, 1.165) is 31.2 Å². The van der Waals surface area contributed by atoms with Crippen molar-refractivity contribution in [3.05, 3.63) is 17.5 Å². The molecule has 0 radical (unpaired) electrons. The van der Waals surface area contributed by atoms with Gasteiger partial charge < -0.3 is 9.53 Å². The lowest BCUT2D eigenvalue weighted by Gasteiger charge is -2.21. The smallest absolute Gasteiger partial charge is 0.311 e. The van der Waals surface area contributed by atoms with Crippen molar-refractivity contribution in [2.45, 2.75) is 53.0 Å². The number of aldehydes is 1. The second kappa shape index (κ2) is 6.41. The van der Waals surface area contributed by atoms with Gasteiger partial charge in [0.2, 0.25) is 0 Å². The van der Waals surface area contributed by atoms with Crippen molar-refractivity contribution in [1.29, 1.82) is 0 Å². The van der Waals surface area contributed by atoms with Gasteiger partial charge in [0.1, 0.15) is 6.29 Å². The second-order valence-corrected chi connectivity index (χ2v) is 6.36. The van der Waals surface area contributed by atoms with E-state index in [4.69, 9.17) is 4.74 Å². The summed E-state index contributed by atoms with van der Waals surface area (Å²) in [6.07, 6.45) is 6.30. The number of aromatic nitrogens is 2. The van der Waals surface area contributed by atoms with Gasteiger partial charge in [0.05, 0.1) is 17.7 Å². The lowest BCUT2D eigenvalue weighted by atomic mass is 9.89. The molecule has 1 unspecified atom stereocenters. The minimum absolute atomic E-state index is 0.131. The van der Waals surface area contributed by atoms with Gasteiger partial charge in [0.15, 0.2) is 0 Å². The van der Waals surface area contributed by atoms with Gasteiger partial charge in [-0.2, -0.15) is 5.10 Å². The van der Waals surface area contributed by atoms with Gasteiger partial charge in [-0.3, -0.25) is 9.48 Å². The van der Waals surface area contributed by atoms with Gasteiger partial charge in [-0.15, -0.1) is 0 Å². The monoisotopic (exact) mass is 292 g/mol. The molecular weight excluding hydrogens is 268 g/mol. The Morgan fingerprint density at radius 2 is 2.33 bits per heavy atom. The van der Waals surface area contributed by atoms with Crippen LogP contribution in [0.4, 0.5) is 0 Å². The Morgan fingerprint density at radius 1 is 1.57 bits per heavy atom. The van der Waals surface area contributed by atoms with Crippen molar-refractivity contribution in [1.82, 2.24) is 9.78 Å². The highest BCUT2D eigenvalue weighted by Crippen LogP contribution is 2.26. The van der Waals surface area contributed by atoms with E-state index >= 15 is 0 Å². The quantitative estimate of drug-likeness (QED) is 0.595. The van der Waals surface area contributed by atoms with Crippen LogP contribution in [-0.4, -0.2) is 28.6 Å². The predicted molar refractivity (Wildman–Crippen MR) is 78.8 cm³/mol. The summed E-state index contributed by atoms with van der Waals surface area (Å²) in [6, 6.07) is 0. The fourth-order valence-electron chi connectivity index (χ4n) is 2.64. The van der Waals surface area contributed by atoms with Crippen molar-refractivity contribution in [3.8, 4) is 0 Å². The fraction of sp³-hybridized carbons (Fsp3) is 0.688. The lowest BCUT2D eigenvalue weighted by Crippen LogP contribution is -2.28. The van der Waals surface area contributed by atoms with Crippen LogP contribution < -0.4 is 0 Å². The molecule has 1 heterocycles. The van der Waals surface area contributed by atoms with E-state index in [9.17, 15) is 9.59 Å². The Balaban J connectivity index is 1.97. The van der Waals surface area contributed by atoms with E-state index in [1.54, 1.807) is 0 Å². The maximum atomic E-state index is 11.9. The molecule has 0 saturated carbocycles. The standard InChI is InChI=1S/C16H24N2O3/c1-4-21-15(20)16(2,3)7-8-18-10-13-9-12(11-19)5-6-14(13)17-18/h10-12H,4-9H2,1-3H3. The van der Waals surface area contributed by atoms with Crippen LogP contribution in [-0.2, 0) is 33.7 Å². The highest BCUT2D eigenvalue weighted by molar-refractivity contribution is 5.75. The summed E-state index contributed by atoms with van der Waals surface area (Å²) in [6.45, 7) is 6.71. The van der Waals surface area contributed by atoms with Crippen LogP contribution in [0.5, 0.6) is 0 Å².